The fourth-order valence-corrected chi connectivity index (χ4v) is 5.27. The third-order valence-electron chi connectivity index (χ3n) is 5.43. The van der Waals surface area contributed by atoms with E-state index in [9.17, 15) is 10.2 Å². The summed E-state index contributed by atoms with van der Waals surface area (Å²) < 4.78 is 7.06. The predicted octanol–water partition coefficient (Wildman–Crippen LogP) is 3.01. The van der Waals surface area contributed by atoms with Crippen LogP contribution in [0.2, 0.25) is 0 Å². The molecule has 0 radical (unpaired) electrons. The van der Waals surface area contributed by atoms with Gasteiger partial charge in [0.1, 0.15) is 17.0 Å². The Labute approximate surface area is 174 Å². The van der Waals surface area contributed by atoms with Crippen LogP contribution < -0.4 is 4.90 Å². The van der Waals surface area contributed by atoms with Crippen LogP contribution in [0.4, 0.5) is 5.82 Å². The van der Waals surface area contributed by atoms with E-state index in [4.69, 9.17) is 9.72 Å². The third kappa shape index (κ3) is 3.59. The van der Waals surface area contributed by atoms with E-state index in [1.54, 1.807) is 17.7 Å². The van der Waals surface area contributed by atoms with Crippen LogP contribution in [0.25, 0.3) is 20.4 Å². The van der Waals surface area contributed by atoms with Crippen LogP contribution >= 0.6 is 11.3 Å². The van der Waals surface area contributed by atoms with Gasteiger partial charge in [-0.3, -0.25) is 0 Å². The molecule has 8 heteroatoms. The number of aliphatic hydroxyl groups excluding tert-OH is 2. The number of aliphatic hydroxyl groups is 2. The second kappa shape index (κ2) is 7.75. The Morgan fingerprint density at radius 1 is 1.17 bits per heavy atom. The first-order valence-corrected chi connectivity index (χ1v) is 10.9. The Hall–Kier alpha value is -1.87. The quantitative estimate of drug-likeness (QED) is 0.638. The number of hydrogen-bond donors (Lipinski definition) is 2. The van der Waals surface area contributed by atoms with Crippen molar-refractivity contribution in [2.75, 3.05) is 31.2 Å². The maximum Gasteiger partial charge on any atom is 0.150 e. The smallest absolute Gasteiger partial charge is 0.150 e. The first kappa shape index (κ1) is 20.4. The van der Waals surface area contributed by atoms with Gasteiger partial charge < -0.3 is 19.8 Å². The molecule has 0 spiro atoms. The van der Waals surface area contributed by atoms with Gasteiger partial charge in [-0.15, -0.1) is 11.3 Å². The second-order valence-electron chi connectivity index (χ2n) is 8.43. The molecule has 0 saturated carbocycles. The zero-order valence-corrected chi connectivity index (χ0v) is 18.2. The van der Waals surface area contributed by atoms with Gasteiger partial charge in [0.15, 0.2) is 0 Å². The highest BCUT2D eigenvalue weighted by molar-refractivity contribution is 7.26. The normalized spacial score (nSPS) is 16.0. The first-order chi connectivity index (χ1) is 13.9. The van der Waals surface area contributed by atoms with E-state index in [1.807, 2.05) is 4.90 Å². The van der Waals surface area contributed by atoms with E-state index in [0.717, 1.165) is 38.4 Å². The van der Waals surface area contributed by atoms with Gasteiger partial charge in [-0.1, -0.05) is 13.8 Å². The number of fused-ring (bicyclic) bond motifs is 5. The van der Waals surface area contributed by atoms with Gasteiger partial charge in [-0.25, -0.2) is 15.0 Å². The lowest BCUT2D eigenvalue weighted by atomic mass is 9.87. The second-order valence-corrected chi connectivity index (χ2v) is 9.42. The van der Waals surface area contributed by atoms with E-state index in [0.29, 0.717) is 25.6 Å². The van der Waals surface area contributed by atoms with E-state index < -0.39 is 0 Å². The molecule has 2 N–H and O–H groups in total. The molecule has 1 aliphatic heterocycles. The summed E-state index contributed by atoms with van der Waals surface area (Å²) in [5.74, 6) is 1.04. The highest BCUT2D eigenvalue weighted by atomic mass is 32.1. The molecule has 29 heavy (non-hydrogen) atoms. The molecule has 0 saturated heterocycles. The van der Waals surface area contributed by atoms with Crippen molar-refractivity contribution in [2.24, 2.45) is 0 Å². The van der Waals surface area contributed by atoms with Gasteiger partial charge in [-0.2, -0.15) is 0 Å². The molecule has 1 aliphatic rings. The average Bonchev–Trinajstić information content (AvgIpc) is 3.05. The van der Waals surface area contributed by atoms with Gasteiger partial charge in [0.05, 0.1) is 41.3 Å². The zero-order valence-electron chi connectivity index (χ0n) is 17.4. The maximum absolute atomic E-state index is 9.46. The minimum atomic E-state index is -0.237. The molecule has 3 aromatic rings. The highest BCUT2D eigenvalue weighted by Crippen LogP contribution is 2.43. The molecule has 0 amide bonds. The Morgan fingerprint density at radius 2 is 1.90 bits per heavy atom. The molecular formula is C21H28N4O3S. The van der Waals surface area contributed by atoms with Crippen LogP contribution in [0.15, 0.2) is 6.33 Å². The lowest BCUT2D eigenvalue weighted by molar-refractivity contribution is -0.0402. The van der Waals surface area contributed by atoms with Gasteiger partial charge in [0.2, 0.25) is 0 Å². The summed E-state index contributed by atoms with van der Waals surface area (Å²) >= 11 is 1.59. The highest BCUT2D eigenvalue weighted by Gasteiger charge is 2.32. The number of thiophene rings is 1. The molecule has 0 aliphatic carbocycles. The van der Waals surface area contributed by atoms with Crippen molar-refractivity contribution in [3.63, 3.8) is 0 Å². The molecule has 4 heterocycles. The SMILES string of the molecule is CC(C)c1nc2sc3c(N(CCO)CCO)ncnc3c2c2c1COC(C)(C)C2. The largest absolute Gasteiger partial charge is 0.395 e. The molecular weight excluding hydrogens is 388 g/mol. The maximum atomic E-state index is 9.46. The number of rotatable bonds is 6. The Bertz CT molecular complexity index is 1040. The minimum absolute atomic E-state index is 0.00688. The van der Waals surface area contributed by atoms with Crippen LogP contribution in [-0.4, -0.2) is 57.1 Å². The van der Waals surface area contributed by atoms with Crippen molar-refractivity contribution in [2.45, 2.75) is 52.2 Å². The van der Waals surface area contributed by atoms with Crippen molar-refractivity contribution < 1.29 is 14.9 Å². The summed E-state index contributed by atoms with van der Waals surface area (Å²) in [7, 11) is 0. The van der Waals surface area contributed by atoms with E-state index in [2.05, 4.69) is 37.7 Å². The monoisotopic (exact) mass is 416 g/mol. The number of nitrogens with zero attached hydrogens (tertiary/aromatic N) is 4. The van der Waals surface area contributed by atoms with Gasteiger partial charge in [0, 0.05) is 30.5 Å². The summed E-state index contributed by atoms with van der Waals surface area (Å²) in [6, 6.07) is 0. The molecule has 0 aromatic carbocycles. The molecule has 0 unspecified atom stereocenters. The summed E-state index contributed by atoms with van der Waals surface area (Å²) in [5, 5.41) is 20.0. The molecule has 0 fully saturated rings. The van der Waals surface area contributed by atoms with Gasteiger partial charge in [-0.05, 0) is 25.3 Å². The third-order valence-corrected chi connectivity index (χ3v) is 6.50. The Balaban J connectivity index is 2.01. The number of aromatic nitrogens is 3. The van der Waals surface area contributed by atoms with Crippen LogP contribution in [0.1, 0.15) is 50.4 Å². The first-order valence-electron chi connectivity index (χ1n) is 10.1. The standard InChI is InChI=1S/C21H28N4O3S/c1-12(2)16-14-10-28-21(3,4)9-13(14)15-17-18(29-20(15)24-16)19(23-11-22-17)25(5-7-26)6-8-27/h11-12,26-27H,5-10H2,1-4H3. The topological polar surface area (TPSA) is 91.6 Å². The number of hydrogen-bond acceptors (Lipinski definition) is 8. The fraction of sp³-hybridized carbons (Fsp3) is 0.571. The van der Waals surface area contributed by atoms with Crippen molar-refractivity contribution in [3.05, 3.63) is 23.1 Å². The number of pyridine rings is 1. The van der Waals surface area contributed by atoms with Crippen LogP contribution in [0.5, 0.6) is 0 Å². The molecule has 4 rings (SSSR count). The molecule has 3 aromatic heterocycles. The zero-order chi connectivity index (χ0) is 20.8. The summed E-state index contributed by atoms with van der Waals surface area (Å²) in [4.78, 5) is 17.0. The number of ether oxygens (including phenoxy) is 1. The summed E-state index contributed by atoms with van der Waals surface area (Å²) in [6.07, 6.45) is 2.38. The lowest BCUT2D eigenvalue weighted by Crippen LogP contribution is -2.33. The van der Waals surface area contributed by atoms with Gasteiger partial charge >= 0.3 is 0 Å². The Morgan fingerprint density at radius 3 is 2.55 bits per heavy atom. The van der Waals surface area contributed by atoms with E-state index in [-0.39, 0.29) is 18.8 Å². The average molecular weight is 417 g/mol. The number of anilines is 1. The summed E-state index contributed by atoms with van der Waals surface area (Å²) in [5.41, 5.74) is 4.22. The lowest BCUT2D eigenvalue weighted by Gasteiger charge is -2.33. The molecule has 0 atom stereocenters. The fourth-order valence-electron chi connectivity index (χ4n) is 4.09. The predicted molar refractivity (Wildman–Crippen MR) is 116 cm³/mol. The van der Waals surface area contributed by atoms with Crippen molar-refractivity contribution in [3.8, 4) is 0 Å². The van der Waals surface area contributed by atoms with Gasteiger partial charge in [0.25, 0.3) is 0 Å². The van der Waals surface area contributed by atoms with E-state index >= 15 is 0 Å². The van der Waals surface area contributed by atoms with Crippen molar-refractivity contribution in [1.82, 2.24) is 15.0 Å². The molecule has 7 nitrogen and oxygen atoms in total. The minimum Gasteiger partial charge on any atom is -0.395 e. The summed E-state index contributed by atoms with van der Waals surface area (Å²) in [6.45, 7) is 9.94. The van der Waals surface area contributed by atoms with Crippen LogP contribution in [-0.2, 0) is 17.8 Å². The van der Waals surface area contributed by atoms with Crippen LogP contribution in [0.3, 0.4) is 0 Å². The van der Waals surface area contributed by atoms with Crippen molar-refractivity contribution >= 4 is 37.6 Å². The van der Waals surface area contributed by atoms with Crippen molar-refractivity contribution in [1.29, 1.82) is 0 Å². The van der Waals surface area contributed by atoms with E-state index in [1.165, 1.54) is 11.1 Å². The molecule has 156 valence electrons. The Kier molecular flexibility index (Phi) is 5.46. The molecule has 0 bridgehead atoms. The van der Waals surface area contributed by atoms with Crippen LogP contribution in [0, 0.1) is 0 Å².